The SMILES string of the molecule is COc1ncc(-c2nc(N3CCOCC3)nc3c(CNc4ncc(C(=O)NO)cc4F)cc(F)cc23)cc1NS(C)(=O)=O. The van der Waals surface area contributed by atoms with E-state index in [0.717, 1.165) is 18.5 Å². The number of carbonyl (C=O) groups is 1. The first-order valence-electron chi connectivity index (χ1n) is 12.7. The first-order chi connectivity index (χ1) is 20.6. The molecule has 3 aromatic heterocycles. The number of carbonyl (C=O) groups excluding carboxylic acids is 1. The smallest absolute Gasteiger partial charge is 0.276 e. The highest BCUT2D eigenvalue weighted by atomic mass is 32.2. The Morgan fingerprint density at radius 2 is 1.88 bits per heavy atom. The van der Waals surface area contributed by atoms with Crippen LogP contribution in [-0.2, 0) is 21.3 Å². The minimum absolute atomic E-state index is 0.0222. The minimum Gasteiger partial charge on any atom is -0.480 e. The monoisotopic (exact) mass is 616 g/mol. The van der Waals surface area contributed by atoms with Gasteiger partial charge in [0.25, 0.3) is 5.91 Å². The molecule has 1 aliphatic rings. The Hall–Kier alpha value is -4.74. The molecule has 4 N–H and O–H groups in total. The van der Waals surface area contributed by atoms with Gasteiger partial charge < -0.3 is 19.7 Å². The summed E-state index contributed by atoms with van der Waals surface area (Å²) in [6.07, 6.45) is 3.47. The van der Waals surface area contributed by atoms with Crippen molar-refractivity contribution in [3.8, 4) is 17.1 Å². The molecule has 4 aromatic rings. The number of benzene rings is 1. The van der Waals surface area contributed by atoms with Gasteiger partial charge in [0.05, 0.1) is 43.4 Å². The van der Waals surface area contributed by atoms with E-state index in [2.05, 4.69) is 20.0 Å². The van der Waals surface area contributed by atoms with Crippen molar-refractivity contribution in [1.29, 1.82) is 0 Å². The zero-order chi connectivity index (χ0) is 30.7. The molecule has 1 aromatic carbocycles. The fraction of sp³-hybridized carbons (Fsp3) is 0.269. The number of sulfonamides is 1. The van der Waals surface area contributed by atoms with Crippen LogP contribution in [0.15, 0.2) is 36.7 Å². The number of methoxy groups -OCH3 is 1. The number of amides is 1. The number of ether oxygens (including phenoxy) is 2. The number of halogens is 2. The van der Waals surface area contributed by atoms with Crippen LogP contribution in [-0.4, -0.2) is 79.1 Å². The second-order valence-electron chi connectivity index (χ2n) is 9.44. The Morgan fingerprint density at radius 1 is 1.12 bits per heavy atom. The third-order valence-corrected chi connectivity index (χ3v) is 6.98. The Morgan fingerprint density at radius 3 is 2.56 bits per heavy atom. The predicted octanol–water partition coefficient (Wildman–Crippen LogP) is 2.31. The van der Waals surface area contributed by atoms with E-state index < -0.39 is 27.6 Å². The summed E-state index contributed by atoms with van der Waals surface area (Å²) in [6, 6.07) is 4.85. The van der Waals surface area contributed by atoms with Gasteiger partial charge in [-0.1, -0.05) is 0 Å². The van der Waals surface area contributed by atoms with Crippen molar-refractivity contribution in [1.82, 2.24) is 25.4 Å². The summed E-state index contributed by atoms with van der Waals surface area (Å²) in [5.41, 5.74) is 2.55. The molecular weight excluding hydrogens is 590 g/mol. The average Bonchev–Trinajstić information content (AvgIpc) is 2.99. The molecule has 14 nitrogen and oxygen atoms in total. The van der Waals surface area contributed by atoms with Gasteiger partial charge in [0.1, 0.15) is 11.5 Å². The number of hydrogen-bond acceptors (Lipinski definition) is 12. The topological polar surface area (TPSA) is 181 Å². The van der Waals surface area contributed by atoms with Crippen LogP contribution in [0.4, 0.5) is 26.2 Å². The van der Waals surface area contributed by atoms with Crippen LogP contribution in [0.5, 0.6) is 5.88 Å². The standard InChI is InChI=1S/C26H26F2N8O6S/c1-41-25-20(35-43(2,39)40)9-15(12-31-25)22-18-10-17(27)7-14(21(18)32-26(33-22)36-3-5-42-6-4-36)11-29-23-19(28)8-16(13-30-23)24(37)34-38/h7-10,12-13,35,38H,3-6,11H2,1-2H3,(H,29,30)(H,34,37). The van der Waals surface area contributed by atoms with Gasteiger partial charge in [0, 0.05) is 48.5 Å². The molecule has 1 fully saturated rings. The lowest BCUT2D eigenvalue weighted by atomic mass is 10.0. The van der Waals surface area contributed by atoms with Crippen LogP contribution in [0.2, 0.25) is 0 Å². The van der Waals surface area contributed by atoms with E-state index in [-0.39, 0.29) is 40.6 Å². The van der Waals surface area contributed by atoms with Crippen molar-refractivity contribution in [3.63, 3.8) is 0 Å². The molecule has 226 valence electrons. The first kappa shape index (κ1) is 29.7. The van der Waals surface area contributed by atoms with Crippen molar-refractivity contribution in [3.05, 3.63) is 59.4 Å². The normalized spacial score (nSPS) is 13.6. The second kappa shape index (κ2) is 12.2. The minimum atomic E-state index is -3.70. The predicted molar refractivity (Wildman–Crippen MR) is 152 cm³/mol. The Labute approximate surface area is 244 Å². The summed E-state index contributed by atoms with van der Waals surface area (Å²) in [5.74, 6) is -2.32. The van der Waals surface area contributed by atoms with Crippen molar-refractivity contribution >= 4 is 44.3 Å². The van der Waals surface area contributed by atoms with E-state index in [1.165, 1.54) is 37.0 Å². The molecule has 0 unspecified atom stereocenters. The van der Waals surface area contributed by atoms with Crippen molar-refractivity contribution in [2.24, 2.45) is 0 Å². The first-order valence-corrected chi connectivity index (χ1v) is 14.6. The molecule has 17 heteroatoms. The molecule has 43 heavy (non-hydrogen) atoms. The quantitative estimate of drug-likeness (QED) is 0.159. The molecule has 1 amide bonds. The molecular formula is C26H26F2N8O6S. The van der Waals surface area contributed by atoms with Crippen LogP contribution in [0.3, 0.4) is 0 Å². The maximum Gasteiger partial charge on any atom is 0.276 e. The highest BCUT2D eigenvalue weighted by Crippen LogP contribution is 2.35. The van der Waals surface area contributed by atoms with E-state index in [1.807, 2.05) is 4.90 Å². The number of fused-ring (bicyclic) bond motifs is 1. The Kier molecular flexibility index (Phi) is 8.47. The maximum absolute atomic E-state index is 15.1. The Bertz CT molecular complexity index is 1800. The molecule has 4 heterocycles. The van der Waals surface area contributed by atoms with Gasteiger partial charge in [-0.05, 0) is 24.3 Å². The zero-order valence-corrected chi connectivity index (χ0v) is 23.7. The Balaban J connectivity index is 1.62. The van der Waals surface area contributed by atoms with Gasteiger partial charge in [0.2, 0.25) is 21.9 Å². The number of rotatable bonds is 9. The lowest BCUT2D eigenvalue weighted by molar-refractivity contribution is 0.0705. The van der Waals surface area contributed by atoms with Crippen molar-refractivity contribution in [2.45, 2.75) is 6.54 Å². The number of anilines is 3. The second-order valence-corrected chi connectivity index (χ2v) is 11.2. The maximum atomic E-state index is 15.1. The lowest BCUT2D eigenvalue weighted by Crippen LogP contribution is -2.37. The summed E-state index contributed by atoms with van der Waals surface area (Å²) in [4.78, 5) is 31.0. The number of pyridine rings is 2. The van der Waals surface area contributed by atoms with E-state index in [1.54, 1.807) is 0 Å². The molecule has 5 rings (SSSR count). The number of aromatic nitrogens is 4. The summed E-state index contributed by atoms with van der Waals surface area (Å²) in [6.45, 7) is 1.74. The summed E-state index contributed by atoms with van der Waals surface area (Å²) in [7, 11) is -2.36. The molecule has 0 bridgehead atoms. The van der Waals surface area contributed by atoms with Crippen LogP contribution in [0.1, 0.15) is 15.9 Å². The number of nitrogens with one attached hydrogen (secondary N) is 3. The molecule has 0 radical (unpaired) electrons. The van der Waals surface area contributed by atoms with Gasteiger partial charge in [-0.3, -0.25) is 14.7 Å². The largest absolute Gasteiger partial charge is 0.480 e. The van der Waals surface area contributed by atoms with Crippen LogP contribution >= 0.6 is 0 Å². The molecule has 0 atom stereocenters. The van der Waals surface area contributed by atoms with Crippen LogP contribution < -0.4 is 25.2 Å². The van der Waals surface area contributed by atoms with Gasteiger partial charge >= 0.3 is 0 Å². The fourth-order valence-corrected chi connectivity index (χ4v) is 5.01. The molecule has 1 saturated heterocycles. The highest BCUT2D eigenvalue weighted by molar-refractivity contribution is 7.92. The van der Waals surface area contributed by atoms with E-state index in [0.29, 0.717) is 48.9 Å². The summed E-state index contributed by atoms with van der Waals surface area (Å²) in [5, 5.41) is 11.9. The third kappa shape index (κ3) is 6.68. The fourth-order valence-electron chi connectivity index (χ4n) is 4.47. The van der Waals surface area contributed by atoms with Gasteiger partial charge in [-0.25, -0.2) is 42.6 Å². The number of hydrogen-bond donors (Lipinski definition) is 4. The molecule has 0 spiro atoms. The molecule has 0 aliphatic carbocycles. The van der Waals surface area contributed by atoms with E-state index >= 15 is 4.39 Å². The summed E-state index contributed by atoms with van der Waals surface area (Å²) >= 11 is 0. The zero-order valence-electron chi connectivity index (χ0n) is 22.9. The lowest BCUT2D eigenvalue weighted by Gasteiger charge is -2.27. The van der Waals surface area contributed by atoms with Gasteiger partial charge in [0.15, 0.2) is 11.6 Å². The van der Waals surface area contributed by atoms with E-state index in [9.17, 15) is 17.6 Å². The van der Waals surface area contributed by atoms with Gasteiger partial charge in [-0.2, -0.15) is 0 Å². The van der Waals surface area contributed by atoms with E-state index in [4.69, 9.17) is 24.6 Å². The summed E-state index contributed by atoms with van der Waals surface area (Å²) < 4.78 is 66.8. The number of hydroxylamine groups is 1. The third-order valence-electron chi connectivity index (χ3n) is 6.39. The van der Waals surface area contributed by atoms with Crippen molar-refractivity contribution in [2.75, 3.05) is 54.6 Å². The molecule has 1 aliphatic heterocycles. The number of morpholine rings is 1. The molecule has 0 saturated carbocycles. The van der Waals surface area contributed by atoms with Crippen LogP contribution in [0.25, 0.3) is 22.2 Å². The van der Waals surface area contributed by atoms with Crippen LogP contribution in [0, 0.1) is 11.6 Å². The van der Waals surface area contributed by atoms with Crippen molar-refractivity contribution < 1.29 is 36.7 Å². The highest BCUT2D eigenvalue weighted by Gasteiger charge is 2.22. The van der Waals surface area contributed by atoms with Gasteiger partial charge in [-0.15, -0.1) is 0 Å². The number of nitrogens with zero attached hydrogens (tertiary/aromatic N) is 5. The average molecular weight is 617 g/mol.